The van der Waals surface area contributed by atoms with E-state index in [1.54, 1.807) is 18.3 Å². The van der Waals surface area contributed by atoms with E-state index in [2.05, 4.69) is 9.97 Å². The summed E-state index contributed by atoms with van der Waals surface area (Å²) in [6.07, 6.45) is 5.17. The molecule has 0 saturated heterocycles. The molecule has 0 fully saturated rings. The molecule has 19 heavy (non-hydrogen) atoms. The fraction of sp³-hybridized carbons (Fsp3) is 0.462. The van der Waals surface area contributed by atoms with Crippen LogP contribution in [0.5, 0.6) is 5.88 Å². The van der Waals surface area contributed by atoms with Crippen LogP contribution in [0.1, 0.15) is 30.2 Å². The lowest BCUT2D eigenvalue weighted by Crippen LogP contribution is -2.11. The van der Waals surface area contributed by atoms with Crippen LogP contribution in [0, 0.1) is 0 Å². The van der Waals surface area contributed by atoms with Crippen LogP contribution in [0.15, 0.2) is 6.33 Å². The van der Waals surface area contributed by atoms with Gasteiger partial charge in [-0.1, -0.05) is 0 Å². The number of hydrogen-bond acceptors (Lipinski definition) is 6. The predicted octanol–water partition coefficient (Wildman–Crippen LogP) is 3.11. The molecule has 0 atom stereocenters. The van der Waals surface area contributed by atoms with Crippen molar-refractivity contribution in [1.29, 1.82) is 0 Å². The third-order valence-corrected chi connectivity index (χ3v) is 4.36. The van der Waals surface area contributed by atoms with Gasteiger partial charge in [0.2, 0.25) is 5.88 Å². The highest BCUT2D eigenvalue weighted by Crippen LogP contribution is 2.38. The second kappa shape index (κ2) is 5.13. The Kier molecular flexibility index (Phi) is 3.33. The van der Waals surface area contributed by atoms with Crippen molar-refractivity contribution in [3.8, 4) is 5.88 Å². The van der Waals surface area contributed by atoms with E-state index in [9.17, 15) is 4.79 Å². The Morgan fingerprint density at radius 1 is 1.37 bits per heavy atom. The highest BCUT2D eigenvalue weighted by Gasteiger charge is 2.21. The Morgan fingerprint density at radius 2 is 2.21 bits per heavy atom. The molecule has 2 aromatic rings. The average molecular weight is 278 g/mol. The van der Waals surface area contributed by atoms with Crippen LogP contribution in [0.4, 0.5) is 4.79 Å². The van der Waals surface area contributed by atoms with E-state index < -0.39 is 6.16 Å². The first-order chi connectivity index (χ1) is 9.29. The minimum Gasteiger partial charge on any atom is -0.434 e. The molecular weight excluding hydrogens is 264 g/mol. The van der Waals surface area contributed by atoms with Crippen molar-refractivity contribution in [3.63, 3.8) is 0 Å². The van der Waals surface area contributed by atoms with Gasteiger partial charge in [-0.25, -0.2) is 14.8 Å². The number of ether oxygens (including phenoxy) is 2. The number of hydrogen-bond donors (Lipinski definition) is 0. The summed E-state index contributed by atoms with van der Waals surface area (Å²) in [5.74, 6) is 0.322. The molecule has 6 heteroatoms. The summed E-state index contributed by atoms with van der Waals surface area (Å²) in [6, 6.07) is 0. The second-order valence-corrected chi connectivity index (χ2v) is 5.44. The molecule has 1 aliphatic carbocycles. The Labute approximate surface area is 114 Å². The van der Waals surface area contributed by atoms with Crippen LogP contribution in [0.25, 0.3) is 10.2 Å². The van der Waals surface area contributed by atoms with Crippen LogP contribution >= 0.6 is 11.3 Å². The first-order valence-electron chi connectivity index (χ1n) is 6.39. The van der Waals surface area contributed by atoms with Gasteiger partial charge in [-0.05, 0) is 38.2 Å². The van der Waals surface area contributed by atoms with Crippen LogP contribution in [-0.4, -0.2) is 22.7 Å². The van der Waals surface area contributed by atoms with Gasteiger partial charge in [0.05, 0.1) is 12.0 Å². The summed E-state index contributed by atoms with van der Waals surface area (Å²) in [6.45, 7) is 2.03. The molecule has 0 aromatic carbocycles. The third kappa shape index (κ3) is 2.28. The van der Waals surface area contributed by atoms with E-state index in [0.717, 1.165) is 29.5 Å². The number of thiophene rings is 1. The second-order valence-electron chi connectivity index (χ2n) is 4.35. The van der Waals surface area contributed by atoms with Gasteiger partial charge in [-0.3, -0.25) is 0 Å². The van der Waals surface area contributed by atoms with Crippen LogP contribution in [0.2, 0.25) is 0 Å². The average Bonchev–Trinajstić information content (AvgIpc) is 2.78. The summed E-state index contributed by atoms with van der Waals surface area (Å²) in [5, 5.41) is 0.884. The molecule has 3 rings (SSSR count). The lowest BCUT2D eigenvalue weighted by Gasteiger charge is -2.11. The maximum atomic E-state index is 11.4. The van der Waals surface area contributed by atoms with Gasteiger partial charge < -0.3 is 9.47 Å². The summed E-state index contributed by atoms with van der Waals surface area (Å²) >= 11 is 1.67. The zero-order valence-electron chi connectivity index (χ0n) is 10.6. The molecule has 2 heterocycles. The van der Waals surface area contributed by atoms with Gasteiger partial charge in [0.25, 0.3) is 0 Å². The molecule has 100 valence electrons. The molecule has 0 bridgehead atoms. The van der Waals surface area contributed by atoms with Crippen molar-refractivity contribution >= 4 is 27.7 Å². The maximum Gasteiger partial charge on any atom is 0.515 e. The van der Waals surface area contributed by atoms with Gasteiger partial charge >= 0.3 is 6.16 Å². The van der Waals surface area contributed by atoms with E-state index in [1.165, 1.54) is 23.2 Å². The summed E-state index contributed by atoms with van der Waals surface area (Å²) in [5.41, 5.74) is 1.24. The first-order valence-corrected chi connectivity index (χ1v) is 7.21. The molecule has 0 spiro atoms. The van der Waals surface area contributed by atoms with Gasteiger partial charge in [0.15, 0.2) is 0 Å². The SMILES string of the molecule is CCOC(=O)Oc1ncnc2sc3c(c12)CCCC3. The molecular formula is C13H14N2O3S. The number of carbonyl (C=O) groups excluding carboxylic acids is 1. The zero-order valence-corrected chi connectivity index (χ0v) is 11.5. The standard InChI is InChI=1S/C13H14N2O3S/c1-2-17-13(16)18-11-10-8-5-3-4-6-9(8)19-12(10)15-7-14-11/h7H,2-6H2,1H3. The number of nitrogens with zero attached hydrogens (tertiary/aromatic N) is 2. The topological polar surface area (TPSA) is 61.3 Å². The molecule has 0 radical (unpaired) electrons. The number of aryl methyl sites for hydroxylation is 2. The minimum atomic E-state index is -0.710. The quantitative estimate of drug-likeness (QED) is 0.790. The van der Waals surface area contributed by atoms with E-state index in [0.29, 0.717) is 5.88 Å². The molecule has 2 aromatic heterocycles. The van der Waals surface area contributed by atoms with Crippen molar-refractivity contribution in [1.82, 2.24) is 9.97 Å². The third-order valence-electron chi connectivity index (χ3n) is 3.16. The summed E-state index contributed by atoms with van der Waals surface area (Å²) in [4.78, 5) is 22.0. The largest absolute Gasteiger partial charge is 0.515 e. The fourth-order valence-electron chi connectivity index (χ4n) is 2.36. The number of carbonyl (C=O) groups is 1. The highest BCUT2D eigenvalue weighted by atomic mass is 32.1. The number of aromatic nitrogens is 2. The molecule has 0 aliphatic heterocycles. The molecule has 1 aliphatic rings. The van der Waals surface area contributed by atoms with E-state index >= 15 is 0 Å². The minimum absolute atomic E-state index is 0.287. The Bertz CT molecular complexity index is 624. The Hall–Kier alpha value is -1.69. The van der Waals surface area contributed by atoms with Crippen molar-refractivity contribution in [2.24, 2.45) is 0 Å². The first kappa shape index (κ1) is 12.3. The van der Waals surface area contributed by atoms with E-state index in [-0.39, 0.29) is 6.61 Å². The normalized spacial score (nSPS) is 14.2. The van der Waals surface area contributed by atoms with Crippen LogP contribution in [-0.2, 0) is 17.6 Å². The molecule has 0 N–H and O–H groups in total. The Balaban J connectivity index is 2.04. The molecule has 0 saturated carbocycles. The van der Waals surface area contributed by atoms with Crippen molar-refractivity contribution in [3.05, 3.63) is 16.8 Å². The van der Waals surface area contributed by atoms with Crippen LogP contribution < -0.4 is 4.74 Å². The highest BCUT2D eigenvalue weighted by molar-refractivity contribution is 7.18. The van der Waals surface area contributed by atoms with Gasteiger partial charge in [-0.2, -0.15) is 0 Å². The lowest BCUT2D eigenvalue weighted by atomic mass is 9.97. The summed E-state index contributed by atoms with van der Waals surface area (Å²) in [7, 11) is 0. The maximum absolute atomic E-state index is 11.4. The van der Waals surface area contributed by atoms with Crippen molar-refractivity contribution in [2.75, 3.05) is 6.61 Å². The van der Waals surface area contributed by atoms with E-state index in [4.69, 9.17) is 9.47 Å². The molecule has 0 amide bonds. The van der Waals surface area contributed by atoms with Gasteiger partial charge in [-0.15, -0.1) is 11.3 Å². The van der Waals surface area contributed by atoms with Crippen molar-refractivity contribution < 1.29 is 14.3 Å². The zero-order chi connectivity index (χ0) is 13.2. The molecule has 0 unspecified atom stereocenters. The summed E-state index contributed by atoms with van der Waals surface area (Å²) < 4.78 is 9.98. The monoisotopic (exact) mass is 278 g/mol. The molecule has 5 nitrogen and oxygen atoms in total. The van der Waals surface area contributed by atoms with Crippen LogP contribution in [0.3, 0.4) is 0 Å². The Morgan fingerprint density at radius 3 is 3.05 bits per heavy atom. The number of rotatable bonds is 2. The van der Waals surface area contributed by atoms with Crippen molar-refractivity contribution in [2.45, 2.75) is 32.6 Å². The predicted molar refractivity (Wildman–Crippen MR) is 71.7 cm³/mol. The van der Waals surface area contributed by atoms with E-state index in [1.807, 2.05) is 0 Å². The smallest absolute Gasteiger partial charge is 0.434 e. The van der Waals surface area contributed by atoms with Gasteiger partial charge in [0, 0.05) is 4.88 Å². The fourth-order valence-corrected chi connectivity index (χ4v) is 3.58. The van der Waals surface area contributed by atoms with Gasteiger partial charge in [0.1, 0.15) is 11.2 Å². The lowest BCUT2D eigenvalue weighted by molar-refractivity contribution is 0.103. The number of fused-ring (bicyclic) bond motifs is 3.